The summed E-state index contributed by atoms with van der Waals surface area (Å²) in [4.78, 5) is 0. The zero-order chi connectivity index (χ0) is 12.9. The summed E-state index contributed by atoms with van der Waals surface area (Å²) >= 11 is 0. The van der Waals surface area contributed by atoms with Gasteiger partial charge < -0.3 is 4.43 Å². The third kappa shape index (κ3) is 3.12. The van der Waals surface area contributed by atoms with Crippen LogP contribution in [-0.2, 0) is 4.43 Å². The molecule has 0 unspecified atom stereocenters. The van der Waals surface area contributed by atoms with Gasteiger partial charge in [0.25, 0.3) is 0 Å². The maximum Gasteiger partial charge on any atom is 0.202 e. The topological polar surface area (TPSA) is 9.23 Å². The highest BCUT2D eigenvalue weighted by Crippen LogP contribution is 2.43. The largest absolute Gasteiger partial charge is 0.403 e. The highest BCUT2D eigenvalue weighted by Gasteiger charge is 2.46. The molecule has 0 saturated heterocycles. The number of rotatable bonds is 6. The first-order valence-electron chi connectivity index (χ1n) is 6.46. The van der Waals surface area contributed by atoms with Crippen LogP contribution in [0.4, 0.5) is 0 Å². The van der Waals surface area contributed by atoms with E-state index >= 15 is 0 Å². The first-order chi connectivity index (χ1) is 7.32. The van der Waals surface area contributed by atoms with Gasteiger partial charge in [0, 0.05) is 0 Å². The van der Waals surface area contributed by atoms with E-state index in [4.69, 9.17) is 10.8 Å². The maximum atomic E-state index is 6.42. The van der Waals surface area contributed by atoms with Crippen molar-refractivity contribution in [1.29, 1.82) is 0 Å². The third-order valence-corrected chi connectivity index (χ3v) is 9.72. The molecule has 0 aromatic heterocycles. The molecule has 0 radical (unpaired) electrons. The van der Waals surface area contributed by atoms with Crippen molar-refractivity contribution in [2.75, 3.05) is 0 Å². The Morgan fingerprint density at radius 2 is 1.38 bits per heavy atom. The Morgan fingerprint density at radius 3 is 1.56 bits per heavy atom. The minimum absolute atomic E-state index is 0.00105. The molecule has 0 amide bonds. The van der Waals surface area contributed by atoms with Crippen LogP contribution < -0.4 is 0 Å². The fourth-order valence-corrected chi connectivity index (χ4v) is 8.43. The minimum Gasteiger partial charge on any atom is -0.403 e. The van der Waals surface area contributed by atoms with Crippen molar-refractivity contribution < 1.29 is 4.43 Å². The van der Waals surface area contributed by atoms with Gasteiger partial charge in [0.2, 0.25) is 8.32 Å². The Balaban J connectivity index is 5.13. The lowest BCUT2D eigenvalue weighted by Gasteiger charge is -2.43. The van der Waals surface area contributed by atoms with E-state index in [-0.39, 0.29) is 6.10 Å². The molecule has 1 atom stereocenters. The van der Waals surface area contributed by atoms with Gasteiger partial charge in [0.1, 0.15) is 6.10 Å². The molecule has 1 nitrogen and oxygen atoms in total. The van der Waals surface area contributed by atoms with Crippen LogP contribution in [0.2, 0.25) is 16.6 Å². The van der Waals surface area contributed by atoms with Crippen LogP contribution >= 0.6 is 0 Å². The molecule has 0 bridgehead atoms. The van der Waals surface area contributed by atoms with Crippen molar-refractivity contribution in [2.24, 2.45) is 0 Å². The van der Waals surface area contributed by atoms with Crippen LogP contribution in [-0.4, -0.2) is 14.4 Å². The highest BCUT2D eigenvalue weighted by molar-refractivity contribution is 6.77. The molecule has 0 aromatic rings. The van der Waals surface area contributed by atoms with Gasteiger partial charge in [-0.05, 0) is 23.0 Å². The van der Waals surface area contributed by atoms with E-state index in [1.807, 2.05) is 0 Å². The summed E-state index contributed by atoms with van der Waals surface area (Å²) in [5, 5.41) is 0. The Morgan fingerprint density at radius 1 is 1.00 bits per heavy atom. The van der Waals surface area contributed by atoms with E-state index in [1.165, 1.54) is 0 Å². The summed E-state index contributed by atoms with van der Waals surface area (Å²) in [6.07, 6.45) is 6.45. The molecule has 0 heterocycles. The van der Waals surface area contributed by atoms with E-state index in [1.54, 1.807) is 0 Å². The van der Waals surface area contributed by atoms with E-state index in [2.05, 4.69) is 54.4 Å². The van der Waals surface area contributed by atoms with Gasteiger partial charge in [-0.15, -0.1) is 6.42 Å². The van der Waals surface area contributed by atoms with Gasteiger partial charge in [0.05, 0.1) is 0 Å². The quantitative estimate of drug-likeness (QED) is 0.487. The van der Waals surface area contributed by atoms with Gasteiger partial charge in [0.15, 0.2) is 0 Å². The SMILES string of the molecule is C#C[C@@H](CC)O[Si](C(C)C)(C(C)C)C(C)C. The Bertz CT molecular complexity index is 216. The predicted octanol–water partition coefficient (Wildman–Crippen LogP) is 4.59. The first kappa shape index (κ1) is 15.7. The molecule has 0 fully saturated rings. The van der Waals surface area contributed by atoms with Gasteiger partial charge in [-0.3, -0.25) is 0 Å². The lowest BCUT2D eigenvalue weighted by atomic mass is 10.3. The lowest BCUT2D eigenvalue weighted by molar-refractivity contribution is 0.221. The molecule has 16 heavy (non-hydrogen) atoms. The molecule has 94 valence electrons. The molecule has 0 N–H and O–H groups in total. The normalized spacial score (nSPS) is 14.6. The molecule has 0 saturated carbocycles. The molecular weight excluding hydrogens is 212 g/mol. The Kier molecular flexibility index (Phi) is 6.36. The van der Waals surface area contributed by atoms with Crippen molar-refractivity contribution in [3.8, 4) is 12.3 Å². The molecule has 0 aliphatic rings. The van der Waals surface area contributed by atoms with Crippen LogP contribution in [0.3, 0.4) is 0 Å². The standard InChI is InChI=1S/C14H28OSi/c1-9-14(10-2)15-16(11(3)4,12(5)6)13(7)8/h1,11-14H,10H2,2-8H3/t14-/m0/s1. The fourth-order valence-electron chi connectivity index (χ4n) is 2.89. The molecule has 0 spiro atoms. The van der Waals surface area contributed by atoms with Crippen LogP contribution in [0, 0.1) is 12.3 Å². The van der Waals surface area contributed by atoms with Gasteiger partial charge in [-0.25, -0.2) is 0 Å². The van der Waals surface area contributed by atoms with E-state index in [9.17, 15) is 0 Å². The van der Waals surface area contributed by atoms with E-state index in [0.717, 1.165) is 6.42 Å². The monoisotopic (exact) mass is 240 g/mol. The molecule has 0 aromatic carbocycles. The van der Waals surface area contributed by atoms with Crippen molar-refractivity contribution in [3.05, 3.63) is 0 Å². The Labute approximate surface area is 103 Å². The van der Waals surface area contributed by atoms with Crippen LogP contribution in [0.5, 0.6) is 0 Å². The number of hydrogen-bond acceptors (Lipinski definition) is 1. The molecule has 0 rings (SSSR count). The summed E-state index contributed by atoms with van der Waals surface area (Å²) in [6.45, 7) is 15.8. The second-order valence-electron chi connectivity index (χ2n) is 5.50. The van der Waals surface area contributed by atoms with Gasteiger partial charge in [-0.2, -0.15) is 0 Å². The van der Waals surface area contributed by atoms with E-state index < -0.39 is 8.32 Å². The summed E-state index contributed by atoms with van der Waals surface area (Å²) < 4.78 is 6.42. The highest BCUT2D eigenvalue weighted by atomic mass is 28.4. The van der Waals surface area contributed by atoms with Crippen molar-refractivity contribution in [3.63, 3.8) is 0 Å². The summed E-state index contributed by atoms with van der Waals surface area (Å²) in [6, 6.07) is 0. The minimum atomic E-state index is -1.78. The van der Waals surface area contributed by atoms with Crippen molar-refractivity contribution in [2.45, 2.75) is 77.6 Å². The summed E-state index contributed by atoms with van der Waals surface area (Å²) in [5.41, 5.74) is 1.82. The number of terminal acetylenes is 1. The average molecular weight is 240 g/mol. The van der Waals surface area contributed by atoms with Crippen LogP contribution in [0.25, 0.3) is 0 Å². The second kappa shape index (κ2) is 6.47. The average Bonchev–Trinajstić information content (AvgIpc) is 2.18. The van der Waals surface area contributed by atoms with Crippen molar-refractivity contribution >= 4 is 8.32 Å². The van der Waals surface area contributed by atoms with E-state index in [0.29, 0.717) is 16.6 Å². The molecule has 0 aliphatic carbocycles. The van der Waals surface area contributed by atoms with Crippen LogP contribution in [0.1, 0.15) is 54.9 Å². The summed E-state index contributed by atoms with van der Waals surface area (Å²) in [7, 11) is -1.78. The third-order valence-electron chi connectivity index (χ3n) is 3.61. The first-order valence-corrected chi connectivity index (χ1v) is 8.60. The molecule has 2 heteroatoms. The molecule has 0 aliphatic heterocycles. The predicted molar refractivity (Wildman–Crippen MR) is 75.0 cm³/mol. The fraction of sp³-hybridized carbons (Fsp3) is 0.857. The zero-order valence-electron chi connectivity index (χ0n) is 12.0. The maximum absolute atomic E-state index is 6.42. The smallest absolute Gasteiger partial charge is 0.202 e. The molecular formula is C14H28OSi. The van der Waals surface area contributed by atoms with Gasteiger partial charge in [-0.1, -0.05) is 54.4 Å². The zero-order valence-corrected chi connectivity index (χ0v) is 13.0. The van der Waals surface area contributed by atoms with Crippen LogP contribution in [0.15, 0.2) is 0 Å². The Hall–Kier alpha value is -0.263. The van der Waals surface area contributed by atoms with Gasteiger partial charge >= 0.3 is 0 Å². The lowest BCUT2D eigenvalue weighted by Crippen LogP contribution is -2.49. The number of hydrogen-bond donors (Lipinski definition) is 0. The second-order valence-corrected chi connectivity index (χ2v) is 10.9. The summed E-state index contributed by atoms with van der Waals surface area (Å²) in [5.74, 6) is 2.78. The van der Waals surface area contributed by atoms with Crippen molar-refractivity contribution in [1.82, 2.24) is 0 Å².